The van der Waals surface area contributed by atoms with E-state index in [0.29, 0.717) is 11.3 Å². The van der Waals surface area contributed by atoms with Gasteiger partial charge in [-0.3, -0.25) is 4.79 Å². The number of carbonyl (C=O) groups is 2. The van der Waals surface area contributed by atoms with E-state index in [1.54, 1.807) is 38.3 Å². The first-order valence-electron chi connectivity index (χ1n) is 5.41. The molecule has 0 unspecified atom stereocenters. The van der Waals surface area contributed by atoms with Gasteiger partial charge in [0.1, 0.15) is 11.3 Å². The Hall–Kier alpha value is -2.30. The topological polar surface area (TPSA) is 78.6 Å². The highest BCUT2D eigenvalue weighted by atomic mass is 16.5. The number of carbonyl (C=O) groups excluding carboxylic acids is 2. The number of nitrogens with two attached hydrogens (primary N) is 1. The maximum Gasteiger partial charge on any atom is 0.343 e. The third kappa shape index (κ3) is 3.62. The Kier molecular flexibility index (Phi) is 4.92. The van der Waals surface area contributed by atoms with Gasteiger partial charge in [-0.25, -0.2) is 4.79 Å². The molecule has 0 fully saturated rings. The highest BCUT2D eigenvalue weighted by Gasteiger charge is 2.16. The van der Waals surface area contributed by atoms with E-state index >= 15 is 0 Å². The van der Waals surface area contributed by atoms with Crippen LogP contribution in [0.1, 0.15) is 12.5 Å². The Balaban J connectivity index is 3.00. The molecule has 0 radical (unpaired) electrons. The van der Waals surface area contributed by atoms with E-state index in [4.69, 9.17) is 15.2 Å². The number of ether oxygens (including phenoxy) is 2. The second-order valence-electron chi connectivity index (χ2n) is 3.42. The van der Waals surface area contributed by atoms with Crippen molar-refractivity contribution < 1.29 is 19.1 Å². The molecule has 1 rings (SSSR count). The van der Waals surface area contributed by atoms with Crippen molar-refractivity contribution in [1.82, 2.24) is 0 Å². The van der Waals surface area contributed by atoms with E-state index < -0.39 is 11.9 Å². The smallest absolute Gasteiger partial charge is 0.343 e. The minimum absolute atomic E-state index is 0.179. The van der Waals surface area contributed by atoms with Crippen molar-refractivity contribution >= 4 is 18.0 Å². The zero-order valence-corrected chi connectivity index (χ0v) is 10.3. The van der Waals surface area contributed by atoms with Gasteiger partial charge in [0.05, 0.1) is 13.7 Å². The summed E-state index contributed by atoms with van der Waals surface area (Å²) in [6.45, 7) is 1.84. The van der Waals surface area contributed by atoms with Gasteiger partial charge in [-0.05, 0) is 30.7 Å². The lowest BCUT2D eigenvalue weighted by Gasteiger charge is -2.04. The van der Waals surface area contributed by atoms with Crippen molar-refractivity contribution in [1.29, 1.82) is 0 Å². The lowest BCUT2D eigenvalue weighted by atomic mass is 10.1. The van der Waals surface area contributed by atoms with Crippen LogP contribution in [0.5, 0.6) is 5.75 Å². The maximum atomic E-state index is 11.5. The molecule has 1 amide bonds. The van der Waals surface area contributed by atoms with Gasteiger partial charge in [0.25, 0.3) is 5.91 Å². The highest BCUT2D eigenvalue weighted by molar-refractivity contribution is 6.19. The summed E-state index contributed by atoms with van der Waals surface area (Å²) in [7, 11) is 1.55. The molecule has 1 aromatic carbocycles. The number of hydrogen-bond acceptors (Lipinski definition) is 4. The Morgan fingerprint density at radius 2 is 1.89 bits per heavy atom. The summed E-state index contributed by atoms with van der Waals surface area (Å²) in [6.07, 6.45) is 1.39. The zero-order valence-electron chi connectivity index (χ0n) is 10.3. The van der Waals surface area contributed by atoms with Crippen LogP contribution in [-0.4, -0.2) is 25.6 Å². The molecule has 0 bridgehead atoms. The molecule has 0 heterocycles. The van der Waals surface area contributed by atoms with Gasteiger partial charge in [-0.15, -0.1) is 0 Å². The van der Waals surface area contributed by atoms with Gasteiger partial charge in [0.15, 0.2) is 0 Å². The van der Waals surface area contributed by atoms with E-state index in [-0.39, 0.29) is 12.2 Å². The number of primary amides is 1. The van der Waals surface area contributed by atoms with Gasteiger partial charge < -0.3 is 15.2 Å². The minimum atomic E-state index is -0.815. The molecule has 96 valence electrons. The molecule has 5 heteroatoms. The lowest BCUT2D eigenvalue weighted by molar-refractivity contribution is -0.139. The summed E-state index contributed by atoms with van der Waals surface area (Å²) < 4.78 is 9.75. The largest absolute Gasteiger partial charge is 0.497 e. The van der Waals surface area contributed by atoms with Crippen molar-refractivity contribution in [2.45, 2.75) is 6.92 Å². The molecule has 0 spiro atoms. The molecule has 1 aromatic rings. The van der Waals surface area contributed by atoms with Crippen molar-refractivity contribution in [3.05, 3.63) is 35.4 Å². The van der Waals surface area contributed by atoms with E-state index in [1.165, 1.54) is 6.08 Å². The second kappa shape index (κ2) is 6.44. The van der Waals surface area contributed by atoms with Crippen LogP contribution in [0, 0.1) is 0 Å². The fraction of sp³-hybridized carbons (Fsp3) is 0.231. The van der Waals surface area contributed by atoms with Crippen molar-refractivity contribution in [2.75, 3.05) is 13.7 Å². The first kappa shape index (κ1) is 13.8. The summed E-state index contributed by atoms with van der Waals surface area (Å²) in [6, 6.07) is 6.85. The predicted molar refractivity (Wildman–Crippen MR) is 66.8 cm³/mol. The molecule has 0 atom stereocenters. The summed E-state index contributed by atoms with van der Waals surface area (Å²) in [5, 5.41) is 0. The van der Waals surface area contributed by atoms with Gasteiger partial charge in [0.2, 0.25) is 0 Å². The molecule has 0 aromatic heterocycles. The van der Waals surface area contributed by atoms with Crippen molar-refractivity contribution in [2.24, 2.45) is 5.73 Å². The zero-order chi connectivity index (χ0) is 13.5. The molecular formula is C13H15NO4. The lowest BCUT2D eigenvalue weighted by Crippen LogP contribution is -2.22. The third-order valence-electron chi connectivity index (χ3n) is 2.19. The quantitative estimate of drug-likeness (QED) is 0.367. The molecule has 0 saturated heterocycles. The molecule has 0 aliphatic carbocycles. The molecule has 5 nitrogen and oxygen atoms in total. The highest BCUT2D eigenvalue weighted by Crippen LogP contribution is 2.14. The predicted octanol–water partition coefficient (Wildman–Crippen LogP) is 1.13. The van der Waals surface area contributed by atoms with E-state index in [1.807, 2.05) is 0 Å². The summed E-state index contributed by atoms with van der Waals surface area (Å²) in [5.74, 6) is -0.853. The Labute approximate surface area is 105 Å². The van der Waals surface area contributed by atoms with E-state index in [9.17, 15) is 9.59 Å². The molecule has 0 saturated carbocycles. The molecule has 0 aliphatic rings. The third-order valence-corrected chi connectivity index (χ3v) is 2.19. The van der Waals surface area contributed by atoms with Crippen LogP contribution < -0.4 is 10.5 Å². The van der Waals surface area contributed by atoms with Crippen LogP contribution in [0.3, 0.4) is 0 Å². The van der Waals surface area contributed by atoms with Gasteiger partial charge in [-0.1, -0.05) is 12.1 Å². The monoisotopic (exact) mass is 249 g/mol. The van der Waals surface area contributed by atoms with Crippen LogP contribution in [0.2, 0.25) is 0 Å². The van der Waals surface area contributed by atoms with Crippen LogP contribution >= 0.6 is 0 Å². The van der Waals surface area contributed by atoms with Crippen molar-refractivity contribution in [3.8, 4) is 5.75 Å². The number of rotatable bonds is 5. The standard InChI is InChI=1S/C13H15NO4/c1-3-18-13(16)11(12(14)15)8-9-4-6-10(17-2)7-5-9/h4-8H,3H2,1-2H3,(H2,14,15)/b11-8-. The summed E-state index contributed by atoms with van der Waals surface area (Å²) >= 11 is 0. The average Bonchev–Trinajstić information content (AvgIpc) is 2.36. The fourth-order valence-corrected chi connectivity index (χ4v) is 1.31. The van der Waals surface area contributed by atoms with Gasteiger partial charge >= 0.3 is 5.97 Å². The average molecular weight is 249 g/mol. The van der Waals surface area contributed by atoms with Crippen LogP contribution in [0.4, 0.5) is 0 Å². The summed E-state index contributed by atoms with van der Waals surface area (Å²) in [5.41, 5.74) is 5.62. The number of methoxy groups -OCH3 is 1. The van der Waals surface area contributed by atoms with E-state index in [2.05, 4.69) is 0 Å². The minimum Gasteiger partial charge on any atom is -0.497 e. The Morgan fingerprint density at radius 3 is 2.33 bits per heavy atom. The van der Waals surface area contributed by atoms with Crippen molar-refractivity contribution in [3.63, 3.8) is 0 Å². The van der Waals surface area contributed by atoms with Gasteiger partial charge in [-0.2, -0.15) is 0 Å². The number of hydrogen-bond donors (Lipinski definition) is 1. The second-order valence-corrected chi connectivity index (χ2v) is 3.42. The SMILES string of the molecule is CCOC(=O)/C(=C\c1ccc(OC)cc1)C(N)=O. The number of esters is 1. The van der Waals surface area contributed by atoms with Crippen LogP contribution in [0.15, 0.2) is 29.8 Å². The number of amides is 1. The molecular weight excluding hydrogens is 234 g/mol. The Morgan fingerprint density at radius 1 is 1.28 bits per heavy atom. The maximum absolute atomic E-state index is 11.5. The van der Waals surface area contributed by atoms with Crippen LogP contribution in [-0.2, 0) is 14.3 Å². The Bertz CT molecular complexity index is 462. The fourth-order valence-electron chi connectivity index (χ4n) is 1.31. The first-order chi connectivity index (χ1) is 8.58. The first-order valence-corrected chi connectivity index (χ1v) is 5.41. The number of benzene rings is 1. The van der Waals surface area contributed by atoms with Crippen LogP contribution in [0.25, 0.3) is 6.08 Å². The summed E-state index contributed by atoms with van der Waals surface area (Å²) in [4.78, 5) is 22.7. The molecule has 0 aliphatic heterocycles. The van der Waals surface area contributed by atoms with Gasteiger partial charge in [0, 0.05) is 0 Å². The molecule has 18 heavy (non-hydrogen) atoms. The van der Waals surface area contributed by atoms with E-state index in [0.717, 1.165) is 0 Å². The normalized spacial score (nSPS) is 10.9. The molecule has 2 N–H and O–H groups in total.